The van der Waals surface area contributed by atoms with Crippen LogP contribution in [0.1, 0.15) is 44.9 Å². The zero-order valence-electron chi connectivity index (χ0n) is 12.5. The number of allylic oxidation sites excluding steroid dienone is 2. The summed E-state index contributed by atoms with van der Waals surface area (Å²) in [6, 6.07) is 1.27. The minimum atomic E-state index is -1.68. The van der Waals surface area contributed by atoms with E-state index in [0.29, 0.717) is 0 Å². The molecule has 0 bridgehead atoms. The second-order valence-electron chi connectivity index (χ2n) is 6.05. The molecule has 0 unspecified atom stereocenters. The number of rotatable bonds is 1. The highest BCUT2D eigenvalue weighted by Crippen LogP contribution is 2.44. The molecule has 3 rings (SSSR count). The Hall–Kier alpha value is -2.22. The highest BCUT2D eigenvalue weighted by molar-refractivity contribution is 6.25. The Bertz CT molecular complexity index is 760. The SMILES string of the molecule is COC1=CC(=O)c2cc3c(c(O)c2C1=O)C[C@](C)(O)[C@H](O)[C@H]3O. The Kier molecular flexibility index (Phi) is 3.33. The number of methoxy groups -OCH3 is 1. The Labute approximate surface area is 131 Å². The van der Waals surface area contributed by atoms with Crippen LogP contribution in [0.4, 0.5) is 0 Å². The fourth-order valence-electron chi connectivity index (χ4n) is 3.11. The van der Waals surface area contributed by atoms with Crippen molar-refractivity contribution >= 4 is 11.6 Å². The molecule has 0 fully saturated rings. The maximum Gasteiger partial charge on any atom is 0.232 e. The smallest absolute Gasteiger partial charge is 0.232 e. The molecule has 23 heavy (non-hydrogen) atoms. The van der Waals surface area contributed by atoms with Crippen LogP contribution in [0.2, 0.25) is 0 Å². The molecule has 0 saturated carbocycles. The van der Waals surface area contributed by atoms with Gasteiger partial charge in [-0.05, 0) is 18.6 Å². The van der Waals surface area contributed by atoms with Gasteiger partial charge in [-0.3, -0.25) is 9.59 Å². The lowest BCUT2D eigenvalue weighted by Crippen LogP contribution is -2.48. The Morgan fingerprint density at radius 2 is 1.96 bits per heavy atom. The van der Waals surface area contributed by atoms with E-state index < -0.39 is 35.1 Å². The fourth-order valence-corrected chi connectivity index (χ4v) is 3.11. The Morgan fingerprint density at radius 1 is 1.30 bits per heavy atom. The first kappa shape index (κ1) is 15.7. The van der Waals surface area contributed by atoms with Gasteiger partial charge in [0, 0.05) is 23.6 Å². The number of Topliss-reactive ketones (excluding diaryl/α,β-unsaturated/α-hetero) is 1. The molecular formula is C16H16O7. The van der Waals surface area contributed by atoms with Gasteiger partial charge in [-0.2, -0.15) is 0 Å². The second-order valence-corrected chi connectivity index (χ2v) is 6.05. The van der Waals surface area contributed by atoms with Crippen LogP contribution < -0.4 is 0 Å². The minimum absolute atomic E-state index is 0.0696. The lowest BCUT2D eigenvalue weighted by atomic mass is 9.74. The predicted molar refractivity (Wildman–Crippen MR) is 77.2 cm³/mol. The molecule has 0 radical (unpaired) electrons. The molecule has 7 nitrogen and oxygen atoms in total. The third-order valence-electron chi connectivity index (χ3n) is 4.43. The van der Waals surface area contributed by atoms with E-state index in [9.17, 15) is 30.0 Å². The summed E-state index contributed by atoms with van der Waals surface area (Å²) in [6.07, 6.45) is -2.13. The van der Waals surface area contributed by atoms with Gasteiger partial charge in [0.15, 0.2) is 11.5 Å². The molecule has 2 aliphatic rings. The fraction of sp³-hybridized carbons (Fsp3) is 0.375. The molecule has 122 valence electrons. The predicted octanol–water partition coefficient (Wildman–Crippen LogP) is 0.00290. The van der Waals surface area contributed by atoms with E-state index in [1.807, 2.05) is 0 Å². The number of fused-ring (bicyclic) bond motifs is 2. The molecule has 0 saturated heterocycles. The van der Waals surface area contributed by atoms with Crippen LogP contribution in [0, 0.1) is 0 Å². The zero-order valence-corrected chi connectivity index (χ0v) is 12.5. The number of aliphatic hydroxyl groups excluding tert-OH is 2. The van der Waals surface area contributed by atoms with Crippen LogP contribution in [0.25, 0.3) is 0 Å². The number of carbonyl (C=O) groups excluding carboxylic acids is 2. The molecule has 4 N–H and O–H groups in total. The first-order valence-electron chi connectivity index (χ1n) is 7.01. The summed E-state index contributed by atoms with van der Waals surface area (Å²) in [6.45, 7) is 1.32. The highest BCUT2D eigenvalue weighted by Gasteiger charge is 2.45. The number of benzene rings is 1. The number of hydrogen-bond acceptors (Lipinski definition) is 7. The van der Waals surface area contributed by atoms with Crippen LogP contribution >= 0.6 is 0 Å². The summed E-state index contributed by atoms with van der Waals surface area (Å²) in [5, 5.41) is 40.8. The first-order valence-corrected chi connectivity index (χ1v) is 7.01. The quantitative estimate of drug-likeness (QED) is 0.574. The topological polar surface area (TPSA) is 124 Å². The van der Waals surface area contributed by atoms with Crippen molar-refractivity contribution in [1.82, 2.24) is 0 Å². The number of aromatic hydroxyl groups is 1. The largest absolute Gasteiger partial charge is 0.507 e. The minimum Gasteiger partial charge on any atom is -0.507 e. The van der Waals surface area contributed by atoms with Gasteiger partial charge in [0.25, 0.3) is 0 Å². The molecule has 1 aromatic carbocycles. The maximum atomic E-state index is 12.3. The molecule has 3 atom stereocenters. The van der Waals surface area contributed by atoms with Crippen molar-refractivity contribution in [2.24, 2.45) is 0 Å². The number of ether oxygens (including phenoxy) is 1. The molecule has 0 spiro atoms. The third kappa shape index (κ3) is 2.08. The lowest BCUT2D eigenvalue weighted by Gasteiger charge is -2.39. The van der Waals surface area contributed by atoms with Crippen molar-refractivity contribution in [2.45, 2.75) is 31.2 Å². The van der Waals surface area contributed by atoms with Gasteiger partial charge in [-0.15, -0.1) is 0 Å². The van der Waals surface area contributed by atoms with Crippen molar-refractivity contribution in [3.05, 3.63) is 40.2 Å². The van der Waals surface area contributed by atoms with E-state index >= 15 is 0 Å². The molecule has 0 aromatic heterocycles. The van der Waals surface area contributed by atoms with Crippen LogP contribution in [0.5, 0.6) is 5.75 Å². The van der Waals surface area contributed by atoms with E-state index in [4.69, 9.17) is 4.74 Å². The monoisotopic (exact) mass is 320 g/mol. The molecule has 2 aliphatic carbocycles. The van der Waals surface area contributed by atoms with Gasteiger partial charge in [0.05, 0.1) is 18.3 Å². The number of hydrogen-bond donors (Lipinski definition) is 4. The maximum absolute atomic E-state index is 12.3. The Morgan fingerprint density at radius 3 is 2.57 bits per heavy atom. The zero-order chi connectivity index (χ0) is 17.1. The average Bonchev–Trinajstić information content (AvgIpc) is 2.49. The van der Waals surface area contributed by atoms with Crippen LogP contribution in [-0.2, 0) is 11.2 Å². The normalized spacial score (nSPS) is 29.7. The standard InChI is InChI=1S/C16H16O7/c1-16(22)5-8-6(13(19)15(16)21)3-7-9(17)4-10(23-2)14(20)11(7)12(8)18/h3-4,13,15,18-19,21-22H,5H2,1-2H3/t13-,15+,16-/m0/s1. The summed E-state index contributed by atoms with van der Waals surface area (Å²) in [5.41, 5.74) is -1.71. The number of phenolic OH excluding ortho intramolecular Hbond substituents is 1. The summed E-state index contributed by atoms with van der Waals surface area (Å²) in [5.74, 6) is -1.87. The molecular weight excluding hydrogens is 304 g/mol. The lowest BCUT2D eigenvalue weighted by molar-refractivity contribution is -0.125. The van der Waals surface area contributed by atoms with Crippen molar-refractivity contribution in [2.75, 3.05) is 7.11 Å². The third-order valence-corrected chi connectivity index (χ3v) is 4.43. The molecule has 0 aliphatic heterocycles. The van der Waals surface area contributed by atoms with Gasteiger partial charge >= 0.3 is 0 Å². The van der Waals surface area contributed by atoms with Crippen molar-refractivity contribution < 1.29 is 34.8 Å². The van der Waals surface area contributed by atoms with Gasteiger partial charge in [0.1, 0.15) is 18.0 Å². The molecule has 0 heterocycles. The Balaban J connectivity index is 2.27. The van der Waals surface area contributed by atoms with E-state index in [1.54, 1.807) is 0 Å². The summed E-state index contributed by atoms with van der Waals surface area (Å²) in [4.78, 5) is 24.5. The van der Waals surface area contributed by atoms with E-state index in [-0.39, 0.29) is 34.4 Å². The van der Waals surface area contributed by atoms with Crippen LogP contribution in [0.3, 0.4) is 0 Å². The number of phenols is 1. The summed E-state index contributed by atoms with van der Waals surface area (Å²) >= 11 is 0. The highest BCUT2D eigenvalue weighted by atomic mass is 16.5. The molecule has 0 amide bonds. The van der Waals surface area contributed by atoms with Crippen LogP contribution in [-0.4, -0.2) is 50.8 Å². The van der Waals surface area contributed by atoms with Crippen molar-refractivity contribution in [1.29, 1.82) is 0 Å². The average molecular weight is 320 g/mol. The molecule has 7 heteroatoms. The van der Waals surface area contributed by atoms with E-state index in [2.05, 4.69) is 0 Å². The first-order chi connectivity index (χ1) is 10.7. The summed E-state index contributed by atoms with van der Waals surface area (Å²) in [7, 11) is 1.24. The van der Waals surface area contributed by atoms with Gasteiger partial charge in [-0.1, -0.05) is 0 Å². The second kappa shape index (κ2) is 4.89. The van der Waals surface area contributed by atoms with Crippen LogP contribution in [0.15, 0.2) is 17.9 Å². The number of aliphatic hydroxyl groups is 3. The van der Waals surface area contributed by atoms with E-state index in [0.717, 1.165) is 6.08 Å². The van der Waals surface area contributed by atoms with Crippen molar-refractivity contribution in [3.63, 3.8) is 0 Å². The molecule has 1 aromatic rings. The van der Waals surface area contributed by atoms with Gasteiger partial charge < -0.3 is 25.2 Å². The van der Waals surface area contributed by atoms with Gasteiger partial charge in [-0.25, -0.2) is 0 Å². The number of carbonyl (C=O) groups is 2. The van der Waals surface area contributed by atoms with E-state index in [1.165, 1.54) is 20.1 Å². The van der Waals surface area contributed by atoms with Crippen molar-refractivity contribution in [3.8, 4) is 5.75 Å². The number of ketones is 2. The van der Waals surface area contributed by atoms with Gasteiger partial charge in [0.2, 0.25) is 5.78 Å². The summed E-state index contributed by atoms with van der Waals surface area (Å²) < 4.78 is 4.85.